The van der Waals surface area contributed by atoms with Gasteiger partial charge in [-0.2, -0.15) is 0 Å². The van der Waals surface area contributed by atoms with Crippen molar-refractivity contribution in [3.63, 3.8) is 0 Å². The van der Waals surface area contributed by atoms with E-state index in [4.69, 9.17) is 4.74 Å². The maximum absolute atomic E-state index is 14.1. The largest absolute Gasteiger partial charge is 0.460 e. The van der Waals surface area contributed by atoms with E-state index in [-0.39, 0.29) is 39.1 Å². The lowest BCUT2D eigenvalue weighted by atomic mass is 9.32. The summed E-state index contributed by atoms with van der Waals surface area (Å²) in [6, 6.07) is 10.2. The van der Waals surface area contributed by atoms with Crippen LogP contribution in [0.4, 0.5) is 0 Å². The van der Waals surface area contributed by atoms with Crippen molar-refractivity contribution in [2.75, 3.05) is 0 Å². The first-order valence-electron chi connectivity index (χ1n) is 16.4. The number of benzene rings is 1. The quantitative estimate of drug-likeness (QED) is 0.303. The number of hydrogen-bond donors (Lipinski definition) is 1. The lowest BCUT2D eigenvalue weighted by Gasteiger charge is -2.72. The molecule has 10 atom stereocenters. The van der Waals surface area contributed by atoms with E-state index in [0.29, 0.717) is 36.2 Å². The van der Waals surface area contributed by atoms with Crippen molar-refractivity contribution in [1.82, 2.24) is 0 Å². The van der Waals surface area contributed by atoms with Crippen molar-refractivity contribution in [2.24, 2.45) is 56.7 Å². The van der Waals surface area contributed by atoms with Crippen molar-refractivity contribution >= 4 is 5.97 Å². The zero-order valence-electron chi connectivity index (χ0n) is 26.1. The molecule has 5 aliphatic carbocycles. The molecule has 0 bridgehead atoms. The van der Waals surface area contributed by atoms with Gasteiger partial charge in [0.1, 0.15) is 6.61 Å². The number of aliphatic hydroxyl groups excluding tert-OH is 1. The Morgan fingerprint density at radius 1 is 0.875 bits per heavy atom. The number of esters is 1. The van der Waals surface area contributed by atoms with E-state index < -0.39 is 0 Å². The Morgan fingerprint density at radius 2 is 1.60 bits per heavy atom. The van der Waals surface area contributed by atoms with Gasteiger partial charge in [0.25, 0.3) is 0 Å². The molecule has 5 saturated carbocycles. The lowest BCUT2D eigenvalue weighted by Crippen LogP contribution is -2.67. The van der Waals surface area contributed by atoms with Gasteiger partial charge in [0.05, 0.1) is 11.5 Å². The van der Waals surface area contributed by atoms with Gasteiger partial charge in [0, 0.05) is 0 Å². The number of carbonyl (C=O) groups excluding carboxylic acids is 1. The highest BCUT2D eigenvalue weighted by atomic mass is 16.5. The van der Waals surface area contributed by atoms with Crippen LogP contribution in [0.5, 0.6) is 0 Å². The summed E-state index contributed by atoms with van der Waals surface area (Å²) < 4.78 is 6.17. The van der Waals surface area contributed by atoms with Crippen LogP contribution in [0.1, 0.15) is 111 Å². The minimum Gasteiger partial charge on any atom is -0.460 e. The third-order valence-electron chi connectivity index (χ3n) is 14.7. The van der Waals surface area contributed by atoms with Crippen LogP contribution < -0.4 is 0 Å². The Labute approximate surface area is 243 Å². The van der Waals surface area contributed by atoms with Crippen molar-refractivity contribution in [3.8, 4) is 0 Å². The van der Waals surface area contributed by atoms with E-state index in [1.54, 1.807) is 0 Å². The number of carbonyl (C=O) groups is 1. The second kappa shape index (κ2) is 9.45. The SMILES string of the molecule is C=C(C)[C@@H]1CC[C@]2(C(=O)OCc3ccccc3)CC[C@]3(C)C(CC[C@@H]4[C@@]5(C)CC[C@@H](O)C(C)(C)[C@@H]5CC[C@]43C)[C@H]12. The minimum atomic E-state index is -0.371. The Morgan fingerprint density at radius 3 is 2.30 bits per heavy atom. The summed E-state index contributed by atoms with van der Waals surface area (Å²) in [5, 5.41) is 11.0. The molecule has 0 spiro atoms. The molecule has 0 aliphatic heterocycles. The number of allylic oxidation sites excluding steroid dienone is 1. The molecule has 40 heavy (non-hydrogen) atoms. The number of ether oxygens (including phenoxy) is 1. The number of rotatable bonds is 4. The first kappa shape index (κ1) is 28.5. The summed E-state index contributed by atoms with van der Waals surface area (Å²) in [7, 11) is 0. The van der Waals surface area contributed by atoms with Crippen molar-refractivity contribution < 1.29 is 14.6 Å². The number of hydrogen-bond acceptors (Lipinski definition) is 3. The molecule has 0 aromatic heterocycles. The Bertz CT molecular complexity index is 1160. The van der Waals surface area contributed by atoms with Crippen LogP contribution in [-0.4, -0.2) is 17.2 Å². The van der Waals surface area contributed by atoms with E-state index in [0.717, 1.165) is 44.1 Å². The van der Waals surface area contributed by atoms with Gasteiger partial charge in [0.2, 0.25) is 0 Å². The lowest BCUT2D eigenvalue weighted by molar-refractivity contribution is -0.248. The summed E-state index contributed by atoms with van der Waals surface area (Å²) in [5.41, 5.74) is 2.67. The van der Waals surface area contributed by atoms with Crippen LogP contribution in [0.2, 0.25) is 0 Å². The molecule has 3 heteroatoms. The number of aliphatic hydroxyl groups is 1. The van der Waals surface area contributed by atoms with Gasteiger partial charge in [-0.3, -0.25) is 4.79 Å². The van der Waals surface area contributed by atoms with Crippen LogP contribution in [0.25, 0.3) is 0 Å². The molecule has 6 rings (SSSR count). The average Bonchev–Trinajstić information content (AvgIpc) is 3.32. The van der Waals surface area contributed by atoms with Crippen LogP contribution >= 0.6 is 0 Å². The van der Waals surface area contributed by atoms with Gasteiger partial charge in [-0.15, -0.1) is 0 Å². The summed E-state index contributed by atoms with van der Waals surface area (Å²) >= 11 is 0. The molecule has 5 fully saturated rings. The van der Waals surface area contributed by atoms with E-state index >= 15 is 0 Å². The fourth-order valence-corrected chi connectivity index (χ4v) is 12.4. The second-order valence-corrected chi connectivity index (χ2v) is 16.3. The van der Waals surface area contributed by atoms with Crippen LogP contribution in [0.15, 0.2) is 42.5 Å². The molecule has 0 amide bonds. The van der Waals surface area contributed by atoms with Crippen LogP contribution in [0.3, 0.4) is 0 Å². The molecule has 0 radical (unpaired) electrons. The topological polar surface area (TPSA) is 46.5 Å². The fraction of sp³-hybridized carbons (Fsp3) is 0.757. The monoisotopic (exact) mass is 546 g/mol. The van der Waals surface area contributed by atoms with Crippen LogP contribution in [0, 0.1) is 56.7 Å². The fourth-order valence-electron chi connectivity index (χ4n) is 12.4. The van der Waals surface area contributed by atoms with Crippen molar-refractivity contribution in [1.29, 1.82) is 0 Å². The molecular formula is C37H54O3. The van der Waals surface area contributed by atoms with Gasteiger partial charge >= 0.3 is 5.97 Å². The van der Waals surface area contributed by atoms with Gasteiger partial charge in [0.15, 0.2) is 0 Å². The van der Waals surface area contributed by atoms with Gasteiger partial charge < -0.3 is 9.84 Å². The third kappa shape index (κ3) is 3.74. The highest BCUT2D eigenvalue weighted by Crippen LogP contribution is 2.77. The van der Waals surface area contributed by atoms with Crippen molar-refractivity contribution in [2.45, 2.75) is 118 Å². The molecule has 0 saturated heterocycles. The Hall–Kier alpha value is -1.61. The summed E-state index contributed by atoms with van der Waals surface area (Å²) in [5.74, 6) is 2.57. The molecule has 5 aliphatic rings. The van der Waals surface area contributed by atoms with Gasteiger partial charge in [-0.05, 0) is 128 Å². The predicted molar refractivity (Wildman–Crippen MR) is 161 cm³/mol. The van der Waals surface area contributed by atoms with E-state index in [2.05, 4.69) is 60.3 Å². The summed E-state index contributed by atoms with van der Waals surface area (Å²) in [6.07, 6.45) is 10.9. The maximum Gasteiger partial charge on any atom is 0.312 e. The van der Waals surface area contributed by atoms with E-state index in [9.17, 15) is 9.90 Å². The first-order chi connectivity index (χ1) is 18.8. The molecule has 3 nitrogen and oxygen atoms in total. The van der Waals surface area contributed by atoms with E-state index in [1.165, 1.54) is 31.3 Å². The third-order valence-corrected chi connectivity index (χ3v) is 14.7. The zero-order valence-corrected chi connectivity index (χ0v) is 26.1. The highest BCUT2D eigenvalue weighted by molar-refractivity contribution is 5.78. The Balaban J connectivity index is 1.34. The highest BCUT2D eigenvalue weighted by Gasteiger charge is 2.72. The molecule has 1 aromatic carbocycles. The van der Waals surface area contributed by atoms with Gasteiger partial charge in [-0.25, -0.2) is 0 Å². The maximum atomic E-state index is 14.1. The molecular weight excluding hydrogens is 492 g/mol. The molecule has 1 aromatic rings. The molecule has 0 heterocycles. The van der Waals surface area contributed by atoms with E-state index in [1.807, 2.05) is 18.2 Å². The first-order valence-corrected chi connectivity index (χ1v) is 16.4. The minimum absolute atomic E-state index is 0.0210. The molecule has 1 N–H and O–H groups in total. The van der Waals surface area contributed by atoms with Crippen LogP contribution in [-0.2, 0) is 16.1 Å². The standard InChI is InChI=1S/C37H54O3/c1-24(2)26-15-20-37(32(39)40-23-25-11-9-8-10-12-25)22-21-35(6)27(31(26)37)13-14-29-34(5)18-17-30(38)33(3,4)28(34)16-19-36(29,35)7/h8-12,26-31,38H,1,13-23H2,2-7H3/t26-,27?,28-,29+,30+,31-,34-,35+,36+,37-/m0/s1. The normalized spacial score (nSPS) is 47.3. The second-order valence-electron chi connectivity index (χ2n) is 16.3. The summed E-state index contributed by atoms with van der Waals surface area (Å²) in [4.78, 5) is 14.1. The predicted octanol–water partition coefficient (Wildman–Crippen LogP) is 8.75. The van der Waals surface area contributed by atoms with Gasteiger partial charge in [-0.1, -0.05) is 77.1 Å². The van der Waals surface area contributed by atoms with Crippen molar-refractivity contribution in [3.05, 3.63) is 48.0 Å². The average molecular weight is 547 g/mol. The smallest absolute Gasteiger partial charge is 0.312 e. The number of fused-ring (bicyclic) bond motifs is 7. The molecule has 220 valence electrons. The Kier molecular flexibility index (Phi) is 6.73. The molecule has 1 unspecified atom stereocenters. The zero-order chi connectivity index (χ0) is 28.7. The summed E-state index contributed by atoms with van der Waals surface area (Å²) in [6.45, 7) is 19.6.